The van der Waals surface area contributed by atoms with Crippen LogP contribution in [0.4, 0.5) is 0 Å². The molecule has 0 bridgehead atoms. The Labute approximate surface area is 98.5 Å². The third-order valence-corrected chi connectivity index (χ3v) is 3.14. The molecule has 0 amide bonds. The lowest BCUT2D eigenvalue weighted by atomic mass is 9.93. The van der Waals surface area contributed by atoms with Gasteiger partial charge < -0.3 is 0 Å². The lowest BCUT2D eigenvalue weighted by molar-refractivity contribution is 0.236. The predicted octanol–water partition coefficient (Wildman–Crippen LogP) is 3.02. The molecule has 2 atom stereocenters. The molecule has 1 rings (SSSR count). The number of likely N-dealkylation sites (N-methyl/N-ethyl adjacent to an activating group) is 1. The molecule has 0 aliphatic rings. The number of nitrogens with zero attached hydrogens (tertiary/aromatic N) is 2. The van der Waals surface area contributed by atoms with Gasteiger partial charge in [-0.1, -0.05) is 51.1 Å². The van der Waals surface area contributed by atoms with Crippen molar-refractivity contribution < 1.29 is 0 Å². The van der Waals surface area contributed by atoms with Crippen LogP contribution in [0.2, 0.25) is 0 Å². The van der Waals surface area contributed by atoms with E-state index in [1.165, 1.54) is 5.56 Å². The average Bonchev–Trinajstić information content (AvgIpc) is 2.36. The number of hydrogen-bond acceptors (Lipinski definition) is 2. The van der Waals surface area contributed by atoms with Crippen LogP contribution in [0.25, 0.3) is 0 Å². The van der Waals surface area contributed by atoms with Crippen LogP contribution in [0.3, 0.4) is 0 Å². The molecule has 2 heteroatoms. The van der Waals surface area contributed by atoms with E-state index in [4.69, 9.17) is 0 Å². The molecule has 16 heavy (non-hydrogen) atoms. The van der Waals surface area contributed by atoms with Crippen LogP contribution < -0.4 is 0 Å². The first kappa shape index (κ1) is 12.7. The third kappa shape index (κ3) is 2.84. The van der Waals surface area contributed by atoms with Crippen LogP contribution in [0.1, 0.15) is 32.3 Å². The highest BCUT2D eigenvalue weighted by Gasteiger charge is 2.23. The summed E-state index contributed by atoms with van der Waals surface area (Å²) in [5.41, 5.74) is 1.24. The first-order chi connectivity index (χ1) is 7.74. The summed E-state index contributed by atoms with van der Waals surface area (Å²) < 4.78 is 0. The molecule has 0 N–H and O–H groups in total. The molecule has 0 radical (unpaired) electrons. The Morgan fingerprint density at radius 1 is 1.19 bits per heavy atom. The molecule has 0 spiro atoms. The Balaban J connectivity index is 2.86. The molecule has 0 saturated carbocycles. The second-order valence-corrected chi connectivity index (χ2v) is 3.99. The molecule has 1 aromatic carbocycles. The lowest BCUT2D eigenvalue weighted by Gasteiger charge is -2.29. The fraction of sp³-hybridized carbons (Fsp3) is 0.500. The second kappa shape index (κ2) is 6.30. The first-order valence-electron chi connectivity index (χ1n) is 5.93. The van der Waals surface area contributed by atoms with Crippen molar-refractivity contribution in [2.75, 3.05) is 13.1 Å². The van der Waals surface area contributed by atoms with Crippen LogP contribution in [0.5, 0.6) is 0 Å². The van der Waals surface area contributed by atoms with E-state index >= 15 is 0 Å². The first-order valence-corrected chi connectivity index (χ1v) is 5.93. The Morgan fingerprint density at radius 2 is 1.75 bits per heavy atom. The van der Waals surface area contributed by atoms with E-state index in [1.807, 2.05) is 18.2 Å². The zero-order valence-electron chi connectivity index (χ0n) is 10.4. The smallest absolute Gasteiger partial charge is 0.104 e. The Kier molecular flexibility index (Phi) is 5.01. The Bertz CT molecular complexity index is 336. The number of benzene rings is 1. The molecular formula is C14H20N2. The van der Waals surface area contributed by atoms with Gasteiger partial charge in [0.05, 0.1) is 6.07 Å². The van der Waals surface area contributed by atoms with Gasteiger partial charge in [0.15, 0.2) is 0 Å². The van der Waals surface area contributed by atoms with E-state index in [0.717, 1.165) is 13.1 Å². The van der Waals surface area contributed by atoms with Gasteiger partial charge in [0, 0.05) is 5.92 Å². The number of nitriles is 1. The SMILES string of the molecule is CCN(CC)C(C#N)C(C)c1ccccc1. The van der Waals surface area contributed by atoms with Crippen LogP contribution in [0.15, 0.2) is 30.3 Å². The quantitative estimate of drug-likeness (QED) is 0.756. The van der Waals surface area contributed by atoms with Crippen molar-refractivity contribution in [3.05, 3.63) is 35.9 Å². The maximum Gasteiger partial charge on any atom is 0.104 e. The summed E-state index contributed by atoms with van der Waals surface area (Å²) in [5, 5.41) is 9.30. The highest BCUT2D eigenvalue weighted by Crippen LogP contribution is 2.22. The van der Waals surface area contributed by atoms with Gasteiger partial charge in [-0.3, -0.25) is 4.90 Å². The molecule has 0 aliphatic carbocycles. The Hall–Kier alpha value is -1.33. The van der Waals surface area contributed by atoms with E-state index < -0.39 is 0 Å². The number of hydrogen-bond donors (Lipinski definition) is 0. The van der Waals surface area contributed by atoms with E-state index in [9.17, 15) is 5.26 Å². The van der Waals surface area contributed by atoms with Gasteiger partial charge in [0.1, 0.15) is 6.04 Å². The Morgan fingerprint density at radius 3 is 2.19 bits per heavy atom. The second-order valence-electron chi connectivity index (χ2n) is 3.99. The monoisotopic (exact) mass is 216 g/mol. The topological polar surface area (TPSA) is 27.0 Å². The predicted molar refractivity (Wildman–Crippen MR) is 67.2 cm³/mol. The van der Waals surface area contributed by atoms with Gasteiger partial charge in [-0.2, -0.15) is 5.26 Å². The maximum absolute atomic E-state index is 9.30. The summed E-state index contributed by atoms with van der Waals surface area (Å²) in [6.45, 7) is 8.18. The molecule has 0 heterocycles. The van der Waals surface area contributed by atoms with Crippen molar-refractivity contribution in [1.82, 2.24) is 4.90 Å². The van der Waals surface area contributed by atoms with Gasteiger partial charge in [-0.25, -0.2) is 0 Å². The normalized spacial score (nSPS) is 14.4. The van der Waals surface area contributed by atoms with E-state index in [2.05, 4.69) is 43.9 Å². The van der Waals surface area contributed by atoms with E-state index in [-0.39, 0.29) is 12.0 Å². The summed E-state index contributed by atoms with van der Waals surface area (Å²) in [5.74, 6) is 0.256. The third-order valence-electron chi connectivity index (χ3n) is 3.14. The van der Waals surface area contributed by atoms with Gasteiger partial charge in [-0.15, -0.1) is 0 Å². The summed E-state index contributed by atoms with van der Waals surface area (Å²) in [6, 6.07) is 12.7. The summed E-state index contributed by atoms with van der Waals surface area (Å²) >= 11 is 0. The van der Waals surface area contributed by atoms with Gasteiger partial charge >= 0.3 is 0 Å². The zero-order valence-corrected chi connectivity index (χ0v) is 10.4. The number of rotatable bonds is 5. The van der Waals surface area contributed by atoms with Crippen molar-refractivity contribution in [3.8, 4) is 6.07 Å². The molecular weight excluding hydrogens is 196 g/mol. The van der Waals surface area contributed by atoms with Crippen molar-refractivity contribution in [1.29, 1.82) is 5.26 Å². The molecule has 0 saturated heterocycles. The highest BCUT2D eigenvalue weighted by molar-refractivity contribution is 5.23. The standard InChI is InChI=1S/C14H20N2/c1-4-16(5-2)14(11-15)12(3)13-9-7-6-8-10-13/h6-10,12,14H,4-5H2,1-3H3. The van der Waals surface area contributed by atoms with Crippen LogP contribution in [-0.4, -0.2) is 24.0 Å². The van der Waals surface area contributed by atoms with Crippen LogP contribution in [0, 0.1) is 11.3 Å². The molecule has 2 nitrogen and oxygen atoms in total. The fourth-order valence-electron chi connectivity index (χ4n) is 2.07. The maximum atomic E-state index is 9.30. The van der Waals surface area contributed by atoms with Crippen molar-refractivity contribution in [2.24, 2.45) is 0 Å². The molecule has 0 aliphatic heterocycles. The van der Waals surface area contributed by atoms with Crippen LogP contribution >= 0.6 is 0 Å². The minimum absolute atomic E-state index is 0.0302. The fourth-order valence-corrected chi connectivity index (χ4v) is 2.07. The molecule has 0 fully saturated rings. The van der Waals surface area contributed by atoms with Gasteiger partial charge in [-0.05, 0) is 18.7 Å². The molecule has 2 unspecified atom stereocenters. The summed E-state index contributed by atoms with van der Waals surface area (Å²) in [4.78, 5) is 2.21. The zero-order chi connectivity index (χ0) is 12.0. The van der Waals surface area contributed by atoms with E-state index in [0.29, 0.717) is 0 Å². The molecule has 1 aromatic rings. The summed E-state index contributed by atoms with van der Waals surface area (Å²) in [7, 11) is 0. The highest BCUT2D eigenvalue weighted by atomic mass is 15.1. The van der Waals surface area contributed by atoms with Gasteiger partial charge in [0.2, 0.25) is 0 Å². The minimum Gasteiger partial charge on any atom is -0.288 e. The van der Waals surface area contributed by atoms with E-state index in [1.54, 1.807) is 0 Å². The summed E-state index contributed by atoms with van der Waals surface area (Å²) in [6.07, 6.45) is 0. The van der Waals surface area contributed by atoms with Crippen molar-refractivity contribution >= 4 is 0 Å². The average molecular weight is 216 g/mol. The molecule has 86 valence electrons. The van der Waals surface area contributed by atoms with Crippen LogP contribution in [-0.2, 0) is 0 Å². The minimum atomic E-state index is -0.0302. The largest absolute Gasteiger partial charge is 0.288 e. The lowest BCUT2D eigenvalue weighted by Crippen LogP contribution is -2.37. The van der Waals surface area contributed by atoms with Crippen molar-refractivity contribution in [3.63, 3.8) is 0 Å². The van der Waals surface area contributed by atoms with Crippen molar-refractivity contribution in [2.45, 2.75) is 32.7 Å². The van der Waals surface area contributed by atoms with Gasteiger partial charge in [0.25, 0.3) is 0 Å². The molecule has 0 aromatic heterocycles.